The molecule has 106 valence electrons. The number of carbonyl (C=O) groups excluding carboxylic acids is 2. The summed E-state index contributed by atoms with van der Waals surface area (Å²) < 4.78 is 4.97. The maximum absolute atomic E-state index is 11.6. The molecule has 2 atom stereocenters. The maximum atomic E-state index is 11.6. The van der Waals surface area contributed by atoms with E-state index in [0.717, 1.165) is 6.42 Å². The molecule has 0 saturated carbocycles. The molecule has 0 aromatic heterocycles. The molecule has 0 rings (SSSR count). The fourth-order valence-corrected chi connectivity index (χ4v) is 1.33. The average molecular weight is 259 g/mol. The lowest BCUT2D eigenvalue weighted by atomic mass is 10.1. The summed E-state index contributed by atoms with van der Waals surface area (Å²) in [5, 5.41) is 5.29. The number of carbonyl (C=O) groups is 2. The van der Waals surface area contributed by atoms with Crippen LogP contribution in [-0.2, 0) is 14.3 Å². The van der Waals surface area contributed by atoms with Crippen molar-refractivity contribution >= 4 is 11.8 Å². The first-order valence-electron chi connectivity index (χ1n) is 6.23. The van der Waals surface area contributed by atoms with Crippen molar-refractivity contribution in [2.75, 3.05) is 20.3 Å². The Balaban J connectivity index is 3.99. The van der Waals surface area contributed by atoms with E-state index in [1.165, 1.54) is 0 Å². The molecule has 0 aliphatic rings. The molecule has 2 amide bonds. The molecule has 0 spiro atoms. The van der Waals surface area contributed by atoms with Crippen LogP contribution < -0.4 is 16.4 Å². The maximum Gasteiger partial charge on any atom is 0.239 e. The second-order valence-corrected chi connectivity index (χ2v) is 4.62. The number of nitrogens with one attached hydrogen (secondary N) is 2. The lowest BCUT2D eigenvalue weighted by Crippen LogP contribution is -2.48. The zero-order valence-electron chi connectivity index (χ0n) is 11.7. The van der Waals surface area contributed by atoms with Crippen molar-refractivity contribution in [3.05, 3.63) is 0 Å². The van der Waals surface area contributed by atoms with Gasteiger partial charge in [0.25, 0.3) is 0 Å². The van der Waals surface area contributed by atoms with Crippen molar-refractivity contribution in [2.24, 2.45) is 11.7 Å². The van der Waals surface area contributed by atoms with Gasteiger partial charge in [0.15, 0.2) is 0 Å². The van der Waals surface area contributed by atoms with Crippen LogP contribution in [0.25, 0.3) is 0 Å². The largest absolute Gasteiger partial charge is 0.383 e. The van der Waals surface area contributed by atoms with E-state index in [1.54, 1.807) is 7.11 Å². The zero-order chi connectivity index (χ0) is 14.1. The minimum atomic E-state index is -0.584. The second-order valence-electron chi connectivity index (χ2n) is 4.62. The highest BCUT2D eigenvalue weighted by atomic mass is 16.5. The zero-order valence-corrected chi connectivity index (χ0v) is 11.7. The molecule has 1 unspecified atom stereocenters. The fraction of sp³-hybridized carbons (Fsp3) is 0.833. The molecule has 6 heteroatoms. The summed E-state index contributed by atoms with van der Waals surface area (Å²) in [6.45, 7) is 6.07. The van der Waals surface area contributed by atoms with Gasteiger partial charge in [-0.3, -0.25) is 9.59 Å². The molecule has 0 saturated heterocycles. The summed E-state index contributed by atoms with van der Waals surface area (Å²) >= 11 is 0. The number of amides is 2. The van der Waals surface area contributed by atoms with Gasteiger partial charge in [-0.25, -0.2) is 0 Å². The molecular formula is C12H25N3O3. The minimum absolute atomic E-state index is 0.0295. The molecule has 4 N–H and O–H groups in total. The molecule has 18 heavy (non-hydrogen) atoms. The number of methoxy groups -OCH3 is 1. The van der Waals surface area contributed by atoms with Gasteiger partial charge in [0.1, 0.15) is 0 Å². The normalized spacial score (nSPS) is 14.1. The van der Waals surface area contributed by atoms with Gasteiger partial charge in [-0.05, 0) is 12.3 Å². The molecule has 0 aromatic rings. The van der Waals surface area contributed by atoms with Crippen LogP contribution in [0, 0.1) is 5.92 Å². The fourth-order valence-electron chi connectivity index (χ4n) is 1.33. The lowest BCUT2D eigenvalue weighted by Gasteiger charge is -2.18. The Morgan fingerprint density at radius 3 is 2.39 bits per heavy atom. The van der Waals surface area contributed by atoms with Crippen LogP contribution in [-0.4, -0.2) is 44.2 Å². The van der Waals surface area contributed by atoms with Gasteiger partial charge in [-0.2, -0.15) is 0 Å². The third-order valence-corrected chi connectivity index (χ3v) is 2.67. The summed E-state index contributed by atoms with van der Waals surface area (Å²) in [6, 6.07) is -0.614. The Kier molecular flexibility index (Phi) is 8.32. The predicted octanol–water partition coefficient (Wildman–Crippen LogP) is -0.373. The minimum Gasteiger partial charge on any atom is -0.383 e. The third-order valence-electron chi connectivity index (χ3n) is 2.67. The van der Waals surface area contributed by atoms with E-state index in [4.69, 9.17) is 10.5 Å². The monoisotopic (exact) mass is 259 g/mol. The summed E-state index contributed by atoms with van der Waals surface area (Å²) in [5.41, 5.74) is 5.66. The van der Waals surface area contributed by atoms with E-state index in [-0.39, 0.29) is 30.3 Å². The number of rotatable bonds is 8. The van der Waals surface area contributed by atoms with Gasteiger partial charge in [0, 0.05) is 7.11 Å². The number of hydrogen-bond donors (Lipinski definition) is 3. The Bertz CT molecular complexity index is 269. The molecule has 0 aromatic carbocycles. The highest BCUT2D eigenvalue weighted by Gasteiger charge is 2.18. The van der Waals surface area contributed by atoms with Crippen molar-refractivity contribution in [3.63, 3.8) is 0 Å². The van der Waals surface area contributed by atoms with Crippen molar-refractivity contribution < 1.29 is 14.3 Å². The van der Waals surface area contributed by atoms with Gasteiger partial charge in [-0.1, -0.05) is 20.8 Å². The van der Waals surface area contributed by atoms with Crippen LogP contribution >= 0.6 is 0 Å². The number of ether oxygens (including phenoxy) is 1. The molecule has 0 radical (unpaired) electrons. The van der Waals surface area contributed by atoms with Crippen molar-refractivity contribution in [3.8, 4) is 0 Å². The topological polar surface area (TPSA) is 93.5 Å². The van der Waals surface area contributed by atoms with Crippen LogP contribution in [0.1, 0.15) is 27.2 Å². The SMILES string of the molecule is CCC(COC)NC(=O)CNC(=O)[C@@H](N)C(C)C. The molecule has 0 bridgehead atoms. The quantitative estimate of drug-likeness (QED) is 0.554. The van der Waals surface area contributed by atoms with E-state index in [1.807, 2.05) is 20.8 Å². The Labute approximate surface area is 109 Å². The summed E-state index contributed by atoms with van der Waals surface area (Å²) in [7, 11) is 1.58. The average Bonchev–Trinajstić information content (AvgIpc) is 2.34. The summed E-state index contributed by atoms with van der Waals surface area (Å²) in [6.07, 6.45) is 0.777. The van der Waals surface area contributed by atoms with Crippen LogP contribution in [0.4, 0.5) is 0 Å². The van der Waals surface area contributed by atoms with E-state index < -0.39 is 6.04 Å². The number of nitrogens with two attached hydrogens (primary N) is 1. The van der Waals surface area contributed by atoms with Crippen molar-refractivity contribution in [2.45, 2.75) is 39.3 Å². The van der Waals surface area contributed by atoms with Gasteiger partial charge in [0.2, 0.25) is 11.8 Å². The predicted molar refractivity (Wildman–Crippen MR) is 69.9 cm³/mol. The van der Waals surface area contributed by atoms with Gasteiger partial charge in [0.05, 0.1) is 25.2 Å². The van der Waals surface area contributed by atoms with Crippen LogP contribution in [0.2, 0.25) is 0 Å². The first kappa shape index (κ1) is 16.9. The van der Waals surface area contributed by atoms with Gasteiger partial charge < -0.3 is 21.1 Å². The van der Waals surface area contributed by atoms with E-state index in [0.29, 0.717) is 6.61 Å². The summed E-state index contributed by atoms with van der Waals surface area (Å²) in [5.74, 6) is -0.493. The summed E-state index contributed by atoms with van der Waals surface area (Å²) in [4.78, 5) is 23.1. The van der Waals surface area contributed by atoms with E-state index >= 15 is 0 Å². The lowest BCUT2D eigenvalue weighted by molar-refractivity contribution is -0.127. The molecule has 0 aliphatic heterocycles. The van der Waals surface area contributed by atoms with Crippen molar-refractivity contribution in [1.29, 1.82) is 0 Å². The van der Waals surface area contributed by atoms with Crippen LogP contribution in [0.15, 0.2) is 0 Å². The van der Waals surface area contributed by atoms with E-state index in [9.17, 15) is 9.59 Å². The molecule has 0 heterocycles. The van der Waals surface area contributed by atoms with Crippen molar-refractivity contribution in [1.82, 2.24) is 10.6 Å². The number of hydrogen-bond acceptors (Lipinski definition) is 4. The Hall–Kier alpha value is -1.14. The second kappa shape index (κ2) is 8.88. The molecular weight excluding hydrogens is 234 g/mol. The highest BCUT2D eigenvalue weighted by molar-refractivity contribution is 5.87. The Morgan fingerprint density at radius 2 is 1.94 bits per heavy atom. The first-order valence-corrected chi connectivity index (χ1v) is 6.23. The van der Waals surface area contributed by atoms with Gasteiger partial charge in [-0.15, -0.1) is 0 Å². The third kappa shape index (κ3) is 6.56. The Morgan fingerprint density at radius 1 is 1.33 bits per heavy atom. The smallest absolute Gasteiger partial charge is 0.239 e. The standard InChI is InChI=1S/C12H25N3O3/c1-5-9(7-18-4)15-10(16)6-14-12(17)11(13)8(2)3/h8-9,11H,5-7,13H2,1-4H3,(H,14,17)(H,15,16)/t9?,11-/m0/s1. The molecule has 0 fully saturated rings. The van der Waals surface area contributed by atoms with Crippen LogP contribution in [0.3, 0.4) is 0 Å². The van der Waals surface area contributed by atoms with Crippen LogP contribution in [0.5, 0.6) is 0 Å². The molecule has 0 aliphatic carbocycles. The highest BCUT2D eigenvalue weighted by Crippen LogP contribution is 1.97. The van der Waals surface area contributed by atoms with E-state index in [2.05, 4.69) is 10.6 Å². The molecule has 6 nitrogen and oxygen atoms in total. The first-order chi connectivity index (χ1) is 8.42. The van der Waals surface area contributed by atoms with Gasteiger partial charge >= 0.3 is 0 Å².